The molecule has 0 spiro atoms. The Balaban J connectivity index is 1.81. The van der Waals surface area contributed by atoms with Crippen LogP contribution >= 0.6 is 11.6 Å². The fourth-order valence-corrected chi connectivity index (χ4v) is 2.10. The summed E-state index contributed by atoms with van der Waals surface area (Å²) in [4.78, 5) is 10.7. The van der Waals surface area contributed by atoms with Gasteiger partial charge in [-0.2, -0.15) is 0 Å². The van der Waals surface area contributed by atoms with E-state index in [-0.39, 0.29) is 0 Å². The van der Waals surface area contributed by atoms with E-state index in [0.717, 1.165) is 6.54 Å². The van der Waals surface area contributed by atoms with Crippen LogP contribution in [0.5, 0.6) is 0 Å². The summed E-state index contributed by atoms with van der Waals surface area (Å²) in [6.07, 6.45) is 5.87. The lowest BCUT2D eigenvalue weighted by atomic mass is 10.3. The summed E-state index contributed by atoms with van der Waals surface area (Å²) < 4.78 is 0. The molecule has 1 unspecified atom stereocenters. The molecule has 0 aliphatic carbocycles. The molecule has 2 rings (SSSR count). The lowest BCUT2D eigenvalue weighted by Crippen LogP contribution is -2.33. The van der Waals surface area contributed by atoms with Gasteiger partial charge in [0.2, 0.25) is 5.95 Å². The molecular formula is C11H17ClN4. The van der Waals surface area contributed by atoms with E-state index in [1.54, 1.807) is 12.4 Å². The van der Waals surface area contributed by atoms with Crippen molar-refractivity contribution < 1.29 is 0 Å². The van der Waals surface area contributed by atoms with Crippen molar-refractivity contribution in [2.45, 2.75) is 25.8 Å². The molecule has 2 heterocycles. The first-order chi connectivity index (χ1) is 7.74. The maximum Gasteiger partial charge on any atom is 0.222 e. The smallest absolute Gasteiger partial charge is 0.222 e. The largest absolute Gasteiger partial charge is 0.350 e. The molecule has 16 heavy (non-hydrogen) atoms. The summed E-state index contributed by atoms with van der Waals surface area (Å²) >= 11 is 5.72. The normalized spacial score (nSPS) is 18.6. The molecule has 1 aliphatic heterocycles. The van der Waals surface area contributed by atoms with Crippen LogP contribution < -0.4 is 5.32 Å². The number of anilines is 1. The van der Waals surface area contributed by atoms with Gasteiger partial charge in [0, 0.05) is 12.6 Å². The Labute approximate surface area is 101 Å². The Bertz CT molecular complexity index is 321. The Morgan fingerprint density at radius 3 is 2.62 bits per heavy atom. The van der Waals surface area contributed by atoms with Crippen molar-refractivity contribution in [2.75, 3.05) is 25.0 Å². The van der Waals surface area contributed by atoms with Crippen LogP contribution in [0.15, 0.2) is 12.4 Å². The van der Waals surface area contributed by atoms with Crippen molar-refractivity contribution in [1.82, 2.24) is 14.9 Å². The lowest BCUT2D eigenvalue weighted by Gasteiger charge is -2.20. The predicted octanol–water partition coefficient (Wildman–Crippen LogP) is 2.03. The van der Waals surface area contributed by atoms with Crippen molar-refractivity contribution in [3.63, 3.8) is 0 Å². The van der Waals surface area contributed by atoms with Gasteiger partial charge in [0.15, 0.2) is 0 Å². The van der Waals surface area contributed by atoms with Crippen LogP contribution in [0.2, 0.25) is 5.02 Å². The Kier molecular flexibility index (Phi) is 3.96. The quantitative estimate of drug-likeness (QED) is 0.875. The van der Waals surface area contributed by atoms with Crippen molar-refractivity contribution >= 4 is 17.5 Å². The maximum atomic E-state index is 5.72. The molecule has 1 N–H and O–H groups in total. The Hall–Kier alpha value is -0.870. The van der Waals surface area contributed by atoms with Gasteiger partial charge in [0.1, 0.15) is 0 Å². The van der Waals surface area contributed by atoms with E-state index < -0.39 is 0 Å². The van der Waals surface area contributed by atoms with Gasteiger partial charge in [-0.15, -0.1) is 0 Å². The van der Waals surface area contributed by atoms with Crippen molar-refractivity contribution in [3.05, 3.63) is 17.4 Å². The Morgan fingerprint density at radius 1 is 1.38 bits per heavy atom. The highest BCUT2D eigenvalue weighted by atomic mass is 35.5. The lowest BCUT2D eigenvalue weighted by molar-refractivity contribution is 0.327. The summed E-state index contributed by atoms with van der Waals surface area (Å²) in [6.45, 7) is 5.63. The molecule has 1 atom stereocenters. The summed E-state index contributed by atoms with van der Waals surface area (Å²) in [6, 6.07) is 0.360. The van der Waals surface area contributed by atoms with E-state index >= 15 is 0 Å². The monoisotopic (exact) mass is 240 g/mol. The van der Waals surface area contributed by atoms with Gasteiger partial charge in [-0.05, 0) is 32.9 Å². The molecule has 1 aromatic rings. The molecule has 1 aliphatic rings. The first kappa shape index (κ1) is 11.6. The van der Waals surface area contributed by atoms with Gasteiger partial charge in [0.25, 0.3) is 0 Å². The van der Waals surface area contributed by atoms with Gasteiger partial charge >= 0.3 is 0 Å². The van der Waals surface area contributed by atoms with Crippen LogP contribution in [0.3, 0.4) is 0 Å². The summed E-state index contributed by atoms with van der Waals surface area (Å²) in [5.41, 5.74) is 0. The van der Waals surface area contributed by atoms with E-state index in [1.807, 2.05) is 0 Å². The van der Waals surface area contributed by atoms with Crippen LogP contribution in [0.25, 0.3) is 0 Å². The molecule has 0 saturated carbocycles. The second kappa shape index (κ2) is 5.46. The van der Waals surface area contributed by atoms with Gasteiger partial charge < -0.3 is 10.2 Å². The van der Waals surface area contributed by atoms with Crippen molar-refractivity contribution in [1.29, 1.82) is 0 Å². The average molecular weight is 241 g/mol. The van der Waals surface area contributed by atoms with E-state index in [0.29, 0.717) is 17.0 Å². The highest BCUT2D eigenvalue weighted by molar-refractivity contribution is 6.30. The minimum atomic E-state index is 0.360. The summed E-state index contributed by atoms with van der Waals surface area (Å²) in [7, 11) is 0. The van der Waals surface area contributed by atoms with Gasteiger partial charge in [-0.3, -0.25) is 0 Å². The third kappa shape index (κ3) is 3.32. The van der Waals surface area contributed by atoms with E-state index in [2.05, 4.69) is 27.1 Å². The first-order valence-corrected chi connectivity index (χ1v) is 6.08. The second-order valence-electron chi connectivity index (χ2n) is 4.28. The van der Waals surface area contributed by atoms with Crippen molar-refractivity contribution in [3.8, 4) is 0 Å². The average Bonchev–Trinajstić information content (AvgIpc) is 2.74. The van der Waals surface area contributed by atoms with Crippen LogP contribution in [-0.2, 0) is 0 Å². The van der Waals surface area contributed by atoms with Gasteiger partial charge in [-0.25, -0.2) is 9.97 Å². The van der Waals surface area contributed by atoms with Crippen LogP contribution in [-0.4, -0.2) is 40.5 Å². The molecule has 4 nitrogen and oxygen atoms in total. The number of nitrogens with one attached hydrogen (secondary N) is 1. The van der Waals surface area contributed by atoms with Gasteiger partial charge in [0.05, 0.1) is 17.4 Å². The molecule has 1 fully saturated rings. The number of halogens is 1. The molecule has 0 radical (unpaired) electrons. The number of hydrogen-bond donors (Lipinski definition) is 1. The molecular weight excluding hydrogens is 224 g/mol. The molecule has 1 saturated heterocycles. The van der Waals surface area contributed by atoms with Gasteiger partial charge in [-0.1, -0.05) is 11.6 Å². The summed E-state index contributed by atoms with van der Waals surface area (Å²) in [5, 5.41) is 3.84. The number of nitrogens with zero attached hydrogens (tertiary/aromatic N) is 3. The molecule has 0 aromatic carbocycles. The summed E-state index contributed by atoms with van der Waals surface area (Å²) in [5.74, 6) is 0.649. The minimum Gasteiger partial charge on any atom is -0.350 e. The zero-order valence-electron chi connectivity index (χ0n) is 9.49. The maximum absolute atomic E-state index is 5.72. The van der Waals surface area contributed by atoms with E-state index in [1.165, 1.54) is 25.9 Å². The molecule has 88 valence electrons. The molecule has 1 aromatic heterocycles. The van der Waals surface area contributed by atoms with Crippen molar-refractivity contribution in [2.24, 2.45) is 0 Å². The Morgan fingerprint density at radius 2 is 2.00 bits per heavy atom. The predicted molar refractivity (Wildman–Crippen MR) is 65.8 cm³/mol. The van der Waals surface area contributed by atoms with Crippen LogP contribution in [0, 0.1) is 0 Å². The van der Waals surface area contributed by atoms with E-state index in [4.69, 9.17) is 11.6 Å². The SMILES string of the molecule is CC(CN1CCCC1)Nc1ncc(Cl)cn1. The third-order valence-corrected chi connectivity index (χ3v) is 2.92. The third-order valence-electron chi connectivity index (χ3n) is 2.73. The highest BCUT2D eigenvalue weighted by Gasteiger charge is 2.14. The highest BCUT2D eigenvalue weighted by Crippen LogP contribution is 2.10. The second-order valence-corrected chi connectivity index (χ2v) is 4.71. The number of hydrogen-bond acceptors (Lipinski definition) is 4. The number of rotatable bonds is 4. The molecule has 0 bridgehead atoms. The zero-order chi connectivity index (χ0) is 11.4. The fraction of sp³-hybridized carbons (Fsp3) is 0.636. The van der Waals surface area contributed by atoms with E-state index in [9.17, 15) is 0 Å². The molecule has 0 amide bonds. The van der Waals surface area contributed by atoms with Crippen LogP contribution in [0.4, 0.5) is 5.95 Å². The molecule has 5 heteroatoms. The number of likely N-dealkylation sites (tertiary alicyclic amines) is 1. The fourth-order valence-electron chi connectivity index (χ4n) is 2.01. The zero-order valence-corrected chi connectivity index (χ0v) is 10.2. The first-order valence-electron chi connectivity index (χ1n) is 5.70. The standard InChI is InChI=1S/C11H17ClN4/c1-9(8-16-4-2-3-5-16)15-11-13-6-10(12)7-14-11/h6-7,9H,2-5,8H2,1H3,(H,13,14,15). The topological polar surface area (TPSA) is 41.0 Å². The minimum absolute atomic E-state index is 0.360. The number of aromatic nitrogens is 2. The van der Waals surface area contributed by atoms with Crippen LogP contribution in [0.1, 0.15) is 19.8 Å².